The van der Waals surface area contributed by atoms with Crippen molar-refractivity contribution < 1.29 is 19.0 Å². The highest BCUT2D eigenvalue weighted by molar-refractivity contribution is 6.31. The van der Waals surface area contributed by atoms with E-state index in [2.05, 4.69) is 5.32 Å². The van der Waals surface area contributed by atoms with Crippen molar-refractivity contribution in [1.29, 1.82) is 0 Å². The van der Waals surface area contributed by atoms with Crippen molar-refractivity contribution in [3.63, 3.8) is 0 Å². The highest BCUT2D eigenvalue weighted by Crippen LogP contribution is 2.30. The lowest BCUT2D eigenvalue weighted by Gasteiger charge is -2.13. The topological polar surface area (TPSA) is 50.7 Å². The predicted octanol–water partition coefficient (Wildman–Crippen LogP) is 3.93. The first-order valence-corrected chi connectivity index (χ1v) is 8.57. The van der Waals surface area contributed by atoms with Crippen LogP contribution in [0.1, 0.15) is 24.0 Å². The molecule has 0 aliphatic rings. The van der Waals surface area contributed by atoms with Crippen LogP contribution in [0.5, 0.6) is 11.5 Å². The van der Waals surface area contributed by atoms with Crippen LogP contribution in [0.15, 0.2) is 36.4 Å². The van der Waals surface area contributed by atoms with Crippen LogP contribution in [0, 0.1) is 5.82 Å². The normalized spacial score (nSPS) is 10.7. The lowest BCUT2D eigenvalue weighted by molar-refractivity contribution is 0.279. The van der Waals surface area contributed by atoms with Gasteiger partial charge in [-0.1, -0.05) is 23.7 Å². The van der Waals surface area contributed by atoms with Crippen LogP contribution in [0.4, 0.5) is 4.39 Å². The van der Waals surface area contributed by atoms with Gasteiger partial charge in [-0.15, -0.1) is 0 Å². The number of ether oxygens (including phenoxy) is 2. The number of methoxy groups -OCH3 is 1. The highest BCUT2D eigenvalue weighted by Gasteiger charge is 2.10. The van der Waals surface area contributed by atoms with Gasteiger partial charge in [-0.2, -0.15) is 0 Å². The molecule has 2 N–H and O–H groups in total. The van der Waals surface area contributed by atoms with Crippen LogP contribution >= 0.6 is 11.6 Å². The quantitative estimate of drug-likeness (QED) is 0.625. The Morgan fingerprint density at radius 2 is 2.00 bits per heavy atom. The van der Waals surface area contributed by atoms with Crippen molar-refractivity contribution in [3.8, 4) is 11.5 Å². The van der Waals surface area contributed by atoms with Gasteiger partial charge in [-0.25, -0.2) is 4.39 Å². The molecule has 136 valence electrons. The number of unbranched alkanes of at least 4 members (excludes halogenated alkanes) is 1. The molecule has 0 radical (unpaired) electrons. The molecule has 6 heteroatoms. The Kier molecular flexibility index (Phi) is 7.98. The molecule has 0 spiro atoms. The second-order valence-corrected chi connectivity index (χ2v) is 5.99. The van der Waals surface area contributed by atoms with E-state index in [0.717, 1.165) is 24.9 Å². The average Bonchev–Trinajstić information content (AvgIpc) is 2.61. The Labute approximate surface area is 152 Å². The molecular formula is C19H23ClFNO3. The van der Waals surface area contributed by atoms with Crippen molar-refractivity contribution >= 4 is 11.6 Å². The molecule has 2 aromatic rings. The zero-order valence-electron chi connectivity index (χ0n) is 14.2. The molecule has 0 heterocycles. The number of aliphatic hydroxyl groups excluding tert-OH is 1. The van der Waals surface area contributed by atoms with Gasteiger partial charge in [-0.05, 0) is 49.2 Å². The van der Waals surface area contributed by atoms with Crippen molar-refractivity contribution in [3.05, 3.63) is 58.4 Å². The summed E-state index contributed by atoms with van der Waals surface area (Å²) in [6.07, 6.45) is 1.72. The SMILES string of the molecule is COc1cc(CNCCCCO)ccc1OCc1c(F)cccc1Cl. The average molecular weight is 368 g/mol. The molecule has 0 aliphatic heterocycles. The van der Waals surface area contributed by atoms with Gasteiger partial charge >= 0.3 is 0 Å². The van der Waals surface area contributed by atoms with E-state index in [0.29, 0.717) is 28.6 Å². The third-order valence-electron chi connectivity index (χ3n) is 3.75. The Bertz CT molecular complexity index is 661. The Morgan fingerprint density at radius 3 is 2.72 bits per heavy atom. The molecule has 0 bridgehead atoms. The van der Waals surface area contributed by atoms with Crippen LogP contribution in [0.25, 0.3) is 0 Å². The number of hydrogen-bond donors (Lipinski definition) is 2. The van der Waals surface area contributed by atoms with Gasteiger partial charge in [0.25, 0.3) is 0 Å². The minimum atomic E-state index is -0.393. The number of halogens is 2. The first kappa shape index (κ1) is 19.5. The molecule has 25 heavy (non-hydrogen) atoms. The van der Waals surface area contributed by atoms with E-state index in [4.69, 9.17) is 26.2 Å². The minimum Gasteiger partial charge on any atom is -0.493 e. The smallest absolute Gasteiger partial charge is 0.161 e. The number of benzene rings is 2. The molecule has 2 aromatic carbocycles. The summed E-state index contributed by atoms with van der Waals surface area (Å²) in [5, 5.41) is 12.4. The number of nitrogens with one attached hydrogen (secondary N) is 1. The van der Waals surface area contributed by atoms with E-state index < -0.39 is 5.82 Å². The first-order valence-electron chi connectivity index (χ1n) is 8.20. The second-order valence-electron chi connectivity index (χ2n) is 5.58. The maximum absolute atomic E-state index is 13.8. The number of aliphatic hydroxyl groups is 1. The maximum atomic E-state index is 13.8. The summed E-state index contributed by atoms with van der Waals surface area (Å²) in [6.45, 7) is 1.78. The highest BCUT2D eigenvalue weighted by atomic mass is 35.5. The predicted molar refractivity (Wildman–Crippen MR) is 96.8 cm³/mol. The molecule has 0 aromatic heterocycles. The van der Waals surface area contributed by atoms with Gasteiger partial charge in [0.2, 0.25) is 0 Å². The molecule has 0 atom stereocenters. The standard InChI is InChI=1S/C19H23ClFNO3/c1-24-19-11-14(12-22-9-2-3-10-23)7-8-18(19)25-13-15-16(20)5-4-6-17(15)21/h4-8,11,22-23H,2-3,9-10,12-13H2,1H3. The third-order valence-corrected chi connectivity index (χ3v) is 4.11. The number of rotatable bonds is 10. The van der Waals surface area contributed by atoms with Gasteiger partial charge < -0.3 is 19.9 Å². The molecule has 0 saturated carbocycles. The Morgan fingerprint density at radius 1 is 1.16 bits per heavy atom. The fourth-order valence-electron chi connectivity index (χ4n) is 2.36. The van der Waals surface area contributed by atoms with E-state index in [1.165, 1.54) is 6.07 Å². The summed E-state index contributed by atoms with van der Waals surface area (Å²) < 4.78 is 24.9. The molecule has 0 aliphatic carbocycles. The second kappa shape index (κ2) is 10.2. The summed E-state index contributed by atoms with van der Waals surface area (Å²) in [5.41, 5.74) is 1.37. The molecule has 0 amide bonds. The van der Waals surface area contributed by atoms with Gasteiger partial charge in [0.1, 0.15) is 12.4 Å². The van der Waals surface area contributed by atoms with E-state index in [1.54, 1.807) is 25.3 Å². The first-order chi connectivity index (χ1) is 12.2. The Balaban J connectivity index is 1.97. The van der Waals surface area contributed by atoms with Crippen LogP contribution < -0.4 is 14.8 Å². The largest absolute Gasteiger partial charge is 0.493 e. The Hall–Kier alpha value is -1.82. The summed E-state index contributed by atoms with van der Waals surface area (Å²) in [7, 11) is 1.57. The monoisotopic (exact) mass is 367 g/mol. The van der Waals surface area contributed by atoms with Crippen molar-refractivity contribution in [2.24, 2.45) is 0 Å². The summed E-state index contributed by atoms with van der Waals surface area (Å²) >= 11 is 6.01. The van der Waals surface area contributed by atoms with Crippen LogP contribution in [-0.2, 0) is 13.2 Å². The van der Waals surface area contributed by atoms with Crippen molar-refractivity contribution in [1.82, 2.24) is 5.32 Å². The molecule has 0 fully saturated rings. The van der Waals surface area contributed by atoms with E-state index in [1.807, 2.05) is 12.1 Å². The van der Waals surface area contributed by atoms with Crippen LogP contribution in [-0.4, -0.2) is 25.4 Å². The van der Waals surface area contributed by atoms with Gasteiger partial charge in [0, 0.05) is 18.7 Å². The summed E-state index contributed by atoms with van der Waals surface area (Å²) in [5.74, 6) is 0.725. The summed E-state index contributed by atoms with van der Waals surface area (Å²) in [4.78, 5) is 0. The van der Waals surface area contributed by atoms with E-state index in [9.17, 15) is 4.39 Å². The lowest BCUT2D eigenvalue weighted by atomic mass is 10.2. The molecular weight excluding hydrogens is 345 g/mol. The fraction of sp³-hybridized carbons (Fsp3) is 0.368. The lowest BCUT2D eigenvalue weighted by Crippen LogP contribution is -2.15. The maximum Gasteiger partial charge on any atom is 0.161 e. The fourth-order valence-corrected chi connectivity index (χ4v) is 2.57. The van der Waals surface area contributed by atoms with Gasteiger partial charge in [-0.3, -0.25) is 0 Å². The zero-order valence-corrected chi connectivity index (χ0v) is 15.0. The van der Waals surface area contributed by atoms with Gasteiger partial charge in [0.15, 0.2) is 11.5 Å². The molecule has 4 nitrogen and oxygen atoms in total. The van der Waals surface area contributed by atoms with Gasteiger partial charge in [0.05, 0.1) is 12.1 Å². The van der Waals surface area contributed by atoms with Crippen molar-refractivity contribution in [2.45, 2.75) is 26.0 Å². The number of hydrogen-bond acceptors (Lipinski definition) is 4. The molecule has 0 saturated heterocycles. The van der Waals surface area contributed by atoms with Crippen molar-refractivity contribution in [2.75, 3.05) is 20.3 Å². The zero-order chi connectivity index (χ0) is 18.1. The third kappa shape index (κ3) is 5.88. The van der Waals surface area contributed by atoms with E-state index in [-0.39, 0.29) is 13.2 Å². The van der Waals surface area contributed by atoms with E-state index >= 15 is 0 Å². The van der Waals surface area contributed by atoms with Crippen LogP contribution in [0.3, 0.4) is 0 Å². The molecule has 0 unspecified atom stereocenters. The van der Waals surface area contributed by atoms with Crippen LogP contribution in [0.2, 0.25) is 5.02 Å². The minimum absolute atomic E-state index is 0.0284. The molecule has 2 rings (SSSR count). The summed E-state index contributed by atoms with van der Waals surface area (Å²) in [6, 6.07) is 10.2.